The summed E-state index contributed by atoms with van der Waals surface area (Å²) >= 11 is 7.13. The third-order valence-corrected chi connectivity index (χ3v) is 3.21. The number of halogens is 1. The number of nitrogens with two attached hydrogens (primary N) is 1. The van der Waals surface area contributed by atoms with Crippen LogP contribution in [0.3, 0.4) is 0 Å². The standard InChI is InChI=1S/C10H8ClN3OS/c11-7-3-4-16-9(7)10(15)14-6-1-2-8(12)13-5-6/h1-5H,(H2,12,13)(H,14,15). The van der Waals surface area contributed by atoms with Crippen LogP contribution in [0.5, 0.6) is 0 Å². The molecule has 0 aliphatic heterocycles. The van der Waals surface area contributed by atoms with Gasteiger partial charge in [0.2, 0.25) is 0 Å². The number of rotatable bonds is 2. The Morgan fingerprint density at radius 1 is 1.44 bits per heavy atom. The number of hydrogen-bond acceptors (Lipinski definition) is 4. The Hall–Kier alpha value is -1.59. The summed E-state index contributed by atoms with van der Waals surface area (Å²) in [6, 6.07) is 4.98. The normalized spacial score (nSPS) is 10.1. The molecule has 16 heavy (non-hydrogen) atoms. The van der Waals surface area contributed by atoms with Crippen molar-refractivity contribution < 1.29 is 4.79 Å². The second kappa shape index (κ2) is 4.51. The minimum absolute atomic E-state index is 0.244. The molecule has 0 radical (unpaired) electrons. The van der Waals surface area contributed by atoms with E-state index in [0.29, 0.717) is 21.4 Å². The largest absolute Gasteiger partial charge is 0.384 e. The van der Waals surface area contributed by atoms with Crippen LogP contribution < -0.4 is 11.1 Å². The van der Waals surface area contributed by atoms with Crippen molar-refractivity contribution in [3.05, 3.63) is 39.7 Å². The summed E-state index contributed by atoms with van der Waals surface area (Å²) in [5.74, 6) is 0.165. The van der Waals surface area contributed by atoms with Gasteiger partial charge in [-0.2, -0.15) is 0 Å². The Bertz CT molecular complexity index is 509. The highest BCUT2D eigenvalue weighted by Crippen LogP contribution is 2.23. The molecular weight excluding hydrogens is 246 g/mol. The zero-order valence-electron chi connectivity index (χ0n) is 8.11. The molecule has 4 nitrogen and oxygen atoms in total. The third-order valence-electron chi connectivity index (χ3n) is 1.87. The van der Waals surface area contributed by atoms with Crippen molar-refractivity contribution in [2.75, 3.05) is 11.1 Å². The van der Waals surface area contributed by atoms with E-state index < -0.39 is 0 Å². The predicted octanol–water partition coefficient (Wildman–Crippen LogP) is 2.63. The van der Waals surface area contributed by atoms with Gasteiger partial charge in [-0.15, -0.1) is 11.3 Å². The van der Waals surface area contributed by atoms with Crippen molar-refractivity contribution in [3.8, 4) is 0 Å². The van der Waals surface area contributed by atoms with Crippen molar-refractivity contribution in [1.82, 2.24) is 4.98 Å². The number of nitrogens with zero attached hydrogens (tertiary/aromatic N) is 1. The second-order valence-electron chi connectivity index (χ2n) is 3.02. The number of nitrogen functional groups attached to an aromatic ring is 1. The van der Waals surface area contributed by atoms with Gasteiger partial charge < -0.3 is 11.1 Å². The second-order valence-corrected chi connectivity index (χ2v) is 4.35. The summed E-state index contributed by atoms with van der Waals surface area (Å²) in [5.41, 5.74) is 6.02. The van der Waals surface area contributed by atoms with Crippen LogP contribution in [0.15, 0.2) is 29.8 Å². The molecule has 0 aromatic carbocycles. The van der Waals surface area contributed by atoms with Gasteiger partial charge in [0.15, 0.2) is 0 Å². The topological polar surface area (TPSA) is 68.0 Å². The van der Waals surface area contributed by atoms with Crippen LogP contribution in [0.4, 0.5) is 11.5 Å². The average molecular weight is 254 g/mol. The lowest BCUT2D eigenvalue weighted by Crippen LogP contribution is -2.10. The van der Waals surface area contributed by atoms with E-state index in [1.54, 1.807) is 23.6 Å². The Morgan fingerprint density at radius 3 is 2.81 bits per heavy atom. The number of thiophene rings is 1. The summed E-state index contributed by atoms with van der Waals surface area (Å²) in [4.78, 5) is 16.1. The Balaban J connectivity index is 2.14. The smallest absolute Gasteiger partial charge is 0.267 e. The fourth-order valence-corrected chi connectivity index (χ4v) is 2.16. The quantitative estimate of drug-likeness (QED) is 0.865. The SMILES string of the molecule is Nc1ccc(NC(=O)c2sccc2Cl)cn1. The van der Waals surface area contributed by atoms with Gasteiger partial charge in [0, 0.05) is 0 Å². The molecule has 0 atom stereocenters. The zero-order chi connectivity index (χ0) is 11.5. The molecule has 0 unspecified atom stereocenters. The Morgan fingerprint density at radius 2 is 2.25 bits per heavy atom. The minimum Gasteiger partial charge on any atom is -0.384 e. The first kappa shape index (κ1) is 10.9. The van der Waals surface area contributed by atoms with Crippen molar-refractivity contribution in [1.29, 1.82) is 0 Å². The van der Waals surface area contributed by atoms with Crippen LogP contribution in [0.1, 0.15) is 9.67 Å². The third kappa shape index (κ3) is 2.32. The van der Waals surface area contributed by atoms with E-state index in [0.717, 1.165) is 0 Å². The van der Waals surface area contributed by atoms with E-state index in [-0.39, 0.29) is 5.91 Å². The van der Waals surface area contributed by atoms with E-state index in [4.69, 9.17) is 17.3 Å². The number of anilines is 2. The first-order valence-corrected chi connectivity index (χ1v) is 5.68. The van der Waals surface area contributed by atoms with Crippen molar-refractivity contribution in [2.24, 2.45) is 0 Å². The average Bonchev–Trinajstić information content (AvgIpc) is 2.68. The highest BCUT2D eigenvalue weighted by molar-refractivity contribution is 7.12. The molecule has 2 rings (SSSR count). The molecular formula is C10H8ClN3OS. The molecule has 1 amide bonds. The molecule has 2 aromatic rings. The zero-order valence-corrected chi connectivity index (χ0v) is 9.68. The minimum atomic E-state index is -0.244. The molecule has 0 spiro atoms. The van der Waals surface area contributed by atoms with Crippen molar-refractivity contribution in [3.63, 3.8) is 0 Å². The van der Waals surface area contributed by atoms with E-state index in [1.807, 2.05) is 0 Å². The van der Waals surface area contributed by atoms with E-state index in [9.17, 15) is 4.79 Å². The molecule has 0 saturated heterocycles. The van der Waals surface area contributed by atoms with Crippen LogP contribution in [0.25, 0.3) is 0 Å². The maximum atomic E-state index is 11.7. The summed E-state index contributed by atoms with van der Waals surface area (Å²) < 4.78 is 0. The fraction of sp³-hybridized carbons (Fsp3) is 0. The number of aromatic nitrogens is 1. The maximum absolute atomic E-state index is 11.7. The van der Waals surface area contributed by atoms with E-state index >= 15 is 0 Å². The summed E-state index contributed by atoms with van der Waals surface area (Å²) in [5, 5.41) is 4.89. The van der Waals surface area contributed by atoms with Gasteiger partial charge in [0.25, 0.3) is 5.91 Å². The molecule has 0 bridgehead atoms. The molecule has 2 aromatic heterocycles. The van der Waals surface area contributed by atoms with Crippen LogP contribution in [0, 0.1) is 0 Å². The highest BCUT2D eigenvalue weighted by Gasteiger charge is 2.11. The Labute approximate surface area is 101 Å². The molecule has 3 N–H and O–H groups in total. The molecule has 0 fully saturated rings. The van der Waals surface area contributed by atoms with Crippen molar-refractivity contribution in [2.45, 2.75) is 0 Å². The summed E-state index contributed by atoms with van der Waals surface area (Å²) in [6.45, 7) is 0. The molecule has 0 saturated carbocycles. The predicted molar refractivity (Wildman–Crippen MR) is 65.9 cm³/mol. The lowest BCUT2D eigenvalue weighted by Gasteiger charge is -2.03. The van der Waals surface area contributed by atoms with Gasteiger partial charge in [-0.25, -0.2) is 4.98 Å². The fourth-order valence-electron chi connectivity index (χ4n) is 1.12. The van der Waals surface area contributed by atoms with Gasteiger partial charge in [-0.05, 0) is 23.6 Å². The van der Waals surface area contributed by atoms with Gasteiger partial charge >= 0.3 is 0 Å². The molecule has 0 aliphatic carbocycles. The van der Waals surface area contributed by atoms with Crippen LogP contribution in [-0.2, 0) is 0 Å². The number of hydrogen-bond donors (Lipinski definition) is 2. The first-order chi connectivity index (χ1) is 7.66. The van der Waals surface area contributed by atoms with E-state index in [2.05, 4.69) is 10.3 Å². The molecule has 0 aliphatic rings. The lowest BCUT2D eigenvalue weighted by molar-refractivity contribution is 0.103. The lowest BCUT2D eigenvalue weighted by atomic mass is 10.3. The molecule has 82 valence electrons. The van der Waals surface area contributed by atoms with Gasteiger partial charge in [-0.1, -0.05) is 11.6 Å². The van der Waals surface area contributed by atoms with Crippen LogP contribution in [-0.4, -0.2) is 10.9 Å². The summed E-state index contributed by atoms with van der Waals surface area (Å²) in [6.07, 6.45) is 1.49. The first-order valence-electron chi connectivity index (χ1n) is 4.42. The van der Waals surface area contributed by atoms with E-state index in [1.165, 1.54) is 17.5 Å². The number of nitrogens with one attached hydrogen (secondary N) is 1. The number of pyridine rings is 1. The molecule has 2 heterocycles. The highest BCUT2D eigenvalue weighted by atomic mass is 35.5. The van der Waals surface area contributed by atoms with Crippen molar-refractivity contribution >= 4 is 40.4 Å². The number of amides is 1. The maximum Gasteiger partial charge on any atom is 0.267 e. The molecule has 6 heteroatoms. The number of carbonyl (C=O) groups is 1. The Kier molecular flexibility index (Phi) is 3.07. The van der Waals surface area contributed by atoms with Gasteiger partial charge in [0.1, 0.15) is 10.7 Å². The van der Waals surface area contributed by atoms with Crippen LogP contribution in [0.2, 0.25) is 5.02 Å². The number of carbonyl (C=O) groups excluding carboxylic acids is 1. The van der Waals surface area contributed by atoms with Crippen LogP contribution >= 0.6 is 22.9 Å². The van der Waals surface area contributed by atoms with Gasteiger partial charge in [-0.3, -0.25) is 4.79 Å². The monoisotopic (exact) mass is 253 g/mol. The van der Waals surface area contributed by atoms with Gasteiger partial charge in [0.05, 0.1) is 16.9 Å². The summed E-state index contributed by atoms with van der Waals surface area (Å²) in [7, 11) is 0.